The van der Waals surface area contributed by atoms with Gasteiger partial charge in [0, 0.05) is 6.61 Å². The van der Waals surface area contributed by atoms with E-state index in [2.05, 4.69) is 5.32 Å². The Morgan fingerprint density at radius 3 is 2.33 bits per heavy atom. The van der Waals surface area contributed by atoms with Crippen LogP contribution in [0, 0.1) is 0 Å². The molecule has 1 amide bonds. The SMILES string of the molecule is CC(C)(C)OC(=O)C1(NC(=O)[C@@H]2CCCO2)CCCCC1. The first-order valence-electron chi connectivity index (χ1n) is 7.99. The van der Waals surface area contributed by atoms with Crippen LogP contribution >= 0.6 is 0 Å². The van der Waals surface area contributed by atoms with Crippen LogP contribution in [0.15, 0.2) is 0 Å². The van der Waals surface area contributed by atoms with Gasteiger partial charge in [0.15, 0.2) is 0 Å². The van der Waals surface area contributed by atoms with Crippen molar-refractivity contribution in [2.45, 2.75) is 83.0 Å². The molecule has 0 aromatic carbocycles. The first kappa shape index (κ1) is 16.3. The first-order chi connectivity index (χ1) is 9.82. The zero-order chi connectivity index (χ0) is 15.5. The summed E-state index contributed by atoms with van der Waals surface area (Å²) in [6, 6.07) is 0. The molecule has 1 atom stereocenters. The maximum absolute atomic E-state index is 12.6. The molecule has 2 fully saturated rings. The largest absolute Gasteiger partial charge is 0.458 e. The van der Waals surface area contributed by atoms with Crippen LogP contribution in [0.2, 0.25) is 0 Å². The lowest BCUT2D eigenvalue weighted by molar-refractivity contribution is -0.167. The van der Waals surface area contributed by atoms with Gasteiger partial charge in [0.2, 0.25) is 5.91 Å². The molecule has 5 heteroatoms. The van der Waals surface area contributed by atoms with E-state index in [1.165, 1.54) is 0 Å². The monoisotopic (exact) mass is 297 g/mol. The molecule has 0 aromatic rings. The van der Waals surface area contributed by atoms with Crippen molar-refractivity contribution in [2.75, 3.05) is 6.61 Å². The summed E-state index contributed by atoms with van der Waals surface area (Å²) in [4.78, 5) is 25.0. The van der Waals surface area contributed by atoms with Crippen LogP contribution in [0.3, 0.4) is 0 Å². The van der Waals surface area contributed by atoms with Crippen LogP contribution in [0.4, 0.5) is 0 Å². The number of rotatable bonds is 3. The fourth-order valence-electron chi connectivity index (χ4n) is 3.01. The second-order valence-corrected chi connectivity index (χ2v) is 7.14. The number of hydrogen-bond acceptors (Lipinski definition) is 4. The third-order valence-corrected chi connectivity index (χ3v) is 4.08. The fraction of sp³-hybridized carbons (Fsp3) is 0.875. The summed E-state index contributed by atoms with van der Waals surface area (Å²) in [7, 11) is 0. The number of esters is 1. The summed E-state index contributed by atoms with van der Waals surface area (Å²) >= 11 is 0. The van der Waals surface area contributed by atoms with Crippen LogP contribution in [0.5, 0.6) is 0 Å². The van der Waals surface area contributed by atoms with E-state index in [9.17, 15) is 9.59 Å². The van der Waals surface area contributed by atoms with Gasteiger partial charge < -0.3 is 14.8 Å². The Hall–Kier alpha value is -1.10. The van der Waals surface area contributed by atoms with Crippen molar-refractivity contribution in [1.29, 1.82) is 0 Å². The molecule has 1 aliphatic heterocycles. The molecule has 2 rings (SSSR count). The van der Waals surface area contributed by atoms with E-state index < -0.39 is 17.2 Å². The number of hydrogen-bond donors (Lipinski definition) is 1. The quantitative estimate of drug-likeness (QED) is 0.812. The summed E-state index contributed by atoms with van der Waals surface area (Å²) in [6.07, 6.45) is 5.50. The predicted molar refractivity (Wildman–Crippen MR) is 78.8 cm³/mol. The van der Waals surface area contributed by atoms with Crippen LogP contribution < -0.4 is 5.32 Å². The zero-order valence-electron chi connectivity index (χ0n) is 13.4. The van der Waals surface area contributed by atoms with Crippen molar-refractivity contribution in [3.63, 3.8) is 0 Å². The topological polar surface area (TPSA) is 64.6 Å². The number of carbonyl (C=O) groups is 2. The standard InChI is InChI=1S/C16H27NO4/c1-15(2,3)21-14(19)16(9-5-4-6-10-16)17-13(18)12-8-7-11-20-12/h12H,4-11H2,1-3H3,(H,17,18)/t12-/m0/s1. The lowest BCUT2D eigenvalue weighted by atomic mass is 9.81. The molecule has 5 nitrogen and oxygen atoms in total. The maximum atomic E-state index is 12.6. The summed E-state index contributed by atoms with van der Waals surface area (Å²) in [6.45, 7) is 6.17. The van der Waals surface area contributed by atoms with Gasteiger partial charge in [0.25, 0.3) is 0 Å². The number of ether oxygens (including phenoxy) is 2. The summed E-state index contributed by atoms with van der Waals surface area (Å²) < 4.78 is 11.0. The van der Waals surface area contributed by atoms with E-state index in [-0.39, 0.29) is 11.9 Å². The highest BCUT2D eigenvalue weighted by Gasteiger charge is 2.45. The van der Waals surface area contributed by atoms with Gasteiger partial charge in [-0.3, -0.25) is 4.79 Å². The number of amides is 1. The molecule has 1 heterocycles. The minimum absolute atomic E-state index is 0.166. The van der Waals surface area contributed by atoms with Crippen molar-refractivity contribution in [3.05, 3.63) is 0 Å². The zero-order valence-corrected chi connectivity index (χ0v) is 13.4. The van der Waals surface area contributed by atoms with Crippen LogP contribution in [-0.2, 0) is 19.1 Å². The summed E-state index contributed by atoms with van der Waals surface area (Å²) in [5, 5.41) is 2.96. The van der Waals surface area contributed by atoms with Crippen molar-refractivity contribution >= 4 is 11.9 Å². The molecule has 120 valence electrons. The van der Waals surface area contributed by atoms with E-state index in [4.69, 9.17) is 9.47 Å². The van der Waals surface area contributed by atoms with Crippen molar-refractivity contribution in [3.8, 4) is 0 Å². The highest BCUT2D eigenvalue weighted by atomic mass is 16.6. The first-order valence-corrected chi connectivity index (χ1v) is 7.99. The minimum Gasteiger partial charge on any atom is -0.458 e. The normalized spacial score (nSPS) is 25.4. The van der Waals surface area contributed by atoms with Gasteiger partial charge in [-0.1, -0.05) is 19.3 Å². The van der Waals surface area contributed by atoms with E-state index in [1.807, 2.05) is 20.8 Å². The van der Waals surface area contributed by atoms with Crippen LogP contribution in [0.25, 0.3) is 0 Å². The molecule has 0 spiro atoms. The Labute approximate surface area is 126 Å². The molecule has 0 bridgehead atoms. The van der Waals surface area contributed by atoms with Gasteiger partial charge in [-0.05, 0) is 46.5 Å². The minimum atomic E-state index is -0.867. The Morgan fingerprint density at radius 1 is 1.14 bits per heavy atom. The average Bonchev–Trinajstić information content (AvgIpc) is 2.91. The molecule has 1 N–H and O–H groups in total. The highest BCUT2D eigenvalue weighted by Crippen LogP contribution is 2.31. The van der Waals surface area contributed by atoms with Crippen LogP contribution in [-0.4, -0.2) is 35.7 Å². The fourth-order valence-corrected chi connectivity index (χ4v) is 3.01. The molecular formula is C16H27NO4. The molecule has 1 aliphatic carbocycles. The Balaban J connectivity index is 2.08. The van der Waals surface area contributed by atoms with E-state index in [0.717, 1.165) is 32.1 Å². The second kappa shape index (κ2) is 6.34. The third kappa shape index (κ3) is 4.19. The Bertz CT molecular complexity index is 388. The van der Waals surface area contributed by atoms with E-state index in [0.29, 0.717) is 19.4 Å². The second-order valence-electron chi connectivity index (χ2n) is 7.14. The van der Waals surface area contributed by atoms with E-state index in [1.54, 1.807) is 0 Å². The molecular weight excluding hydrogens is 270 g/mol. The average molecular weight is 297 g/mol. The lowest BCUT2D eigenvalue weighted by Crippen LogP contribution is -2.59. The predicted octanol–water partition coefficient (Wildman–Crippen LogP) is 2.33. The molecule has 0 unspecified atom stereocenters. The van der Waals surface area contributed by atoms with Gasteiger partial charge in [-0.15, -0.1) is 0 Å². The molecule has 1 saturated carbocycles. The van der Waals surface area contributed by atoms with E-state index >= 15 is 0 Å². The Morgan fingerprint density at radius 2 is 1.81 bits per heavy atom. The third-order valence-electron chi connectivity index (χ3n) is 4.08. The number of carbonyl (C=O) groups excluding carboxylic acids is 2. The number of nitrogens with one attached hydrogen (secondary N) is 1. The van der Waals surface area contributed by atoms with Gasteiger partial charge >= 0.3 is 5.97 Å². The van der Waals surface area contributed by atoms with Gasteiger partial charge in [0.1, 0.15) is 17.2 Å². The van der Waals surface area contributed by atoms with Crippen molar-refractivity contribution < 1.29 is 19.1 Å². The summed E-state index contributed by atoms with van der Waals surface area (Å²) in [5.74, 6) is -0.471. The molecule has 2 aliphatic rings. The summed E-state index contributed by atoms with van der Waals surface area (Å²) in [5.41, 5.74) is -1.41. The molecule has 21 heavy (non-hydrogen) atoms. The van der Waals surface area contributed by atoms with Gasteiger partial charge in [0.05, 0.1) is 0 Å². The smallest absolute Gasteiger partial charge is 0.332 e. The molecule has 0 radical (unpaired) electrons. The van der Waals surface area contributed by atoms with Gasteiger partial charge in [-0.2, -0.15) is 0 Å². The molecule has 0 aromatic heterocycles. The van der Waals surface area contributed by atoms with Crippen LogP contribution in [0.1, 0.15) is 65.7 Å². The highest BCUT2D eigenvalue weighted by molar-refractivity contribution is 5.90. The Kier molecular flexibility index (Phi) is 4.91. The lowest BCUT2D eigenvalue weighted by Gasteiger charge is -2.38. The van der Waals surface area contributed by atoms with Crippen molar-refractivity contribution in [1.82, 2.24) is 5.32 Å². The van der Waals surface area contributed by atoms with Gasteiger partial charge in [-0.25, -0.2) is 4.79 Å². The van der Waals surface area contributed by atoms with Crippen molar-refractivity contribution in [2.24, 2.45) is 0 Å². The maximum Gasteiger partial charge on any atom is 0.332 e. The molecule has 1 saturated heterocycles.